The van der Waals surface area contributed by atoms with Crippen LogP contribution in [0.25, 0.3) is 0 Å². The molecule has 4 heteroatoms. The van der Waals surface area contributed by atoms with Gasteiger partial charge in [0.25, 0.3) is 5.91 Å². The van der Waals surface area contributed by atoms with Crippen molar-refractivity contribution < 1.29 is 9.53 Å². The van der Waals surface area contributed by atoms with Gasteiger partial charge in [-0.25, -0.2) is 0 Å². The van der Waals surface area contributed by atoms with E-state index in [-0.39, 0.29) is 5.91 Å². The summed E-state index contributed by atoms with van der Waals surface area (Å²) < 4.78 is 5.79. The van der Waals surface area contributed by atoms with Gasteiger partial charge >= 0.3 is 0 Å². The van der Waals surface area contributed by atoms with Gasteiger partial charge in [-0.05, 0) is 56.4 Å². The summed E-state index contributed by atoms with van der Waals surface area (Å²) >= 11 is 5.92. The van der Waals surface area contributed by atoms with E-state index in [4.69, 9.17) is 16.3 Å². The van der Waals surface area contributed by atoms with E-state index < -0.39 is 6.10 Å². The lowest BCUT2D eigenvalue weighted by atomic mass is 9.99. The molecule has 0 aromatic heterocycles. The van der Waals surface area contributed by atoms with Gasteiger partial charge in [0.15, 0.2) is 6.10 Å². The average Bonchev–Trinajstić information content (AvgIpc) is 2.42. The van der Waals surface area contributed by atoms with Gasteiger partial charge < -0.3 is 9.64 Å². The number of hydrogen-bond donors (Lipinski definition) is 0. The molecule has 1 saturated heterocycles. The van der Waals surface area contributed by atoms with Crippen molar-refractivity contribution in [1.29, 1.82) is 0 Å². The van der Waals surface area contributed by atoms with Crippen molar-refractivity contribution >= 4 is 17.5 Å². The van der Waals surface area contributed by atoms with Gasteiger partial charge in [0.1, 0.15) is 5.75 Å². The van der Waals surface area contributed by atoms with Crippen LogP contribution in [0, 0.1) is 12.8 Å². The lowest BCUT2D eigenvalue weighted by molar-refractivity contribution is -0.139. The fourth-order valence-electron chi connectivity index (χ4n) is 2.47. The number of aryl methyl sites for hydroxylation is 1. The number of piperidine rings is 1. The first-order chi connectivity index (χ1) is 9.47. The van der Waals surface area contributed by atoms with Gasteiger partial charge in [-0.15, -0.1) is 0 Å². The standard InChI is InChI=1S/C16H22ClNO2/c1-11-6-8-18(9-7-11)16(19)13(3)20-15-5-4-14(17)10-12(15)2/h4-5,10-11,13H,6-9H2,1-3H3. The van der Waals surface area contributed by atoms with Crippen molar-refractivity contribution in [3.8, 4) is 5.75 Å². The van der Waals surface area contributed by atoms with E-state index >= 15 is 0 Å². The van der Waals surface area contributed by atoms with Crippen LogP contribution in [0.3, 0.4) is 0 Å². The maximum Gasteiger partial charge on any atom is 0.263 e. The molecule has 1 aliphatic rings. The van der Waals surface area contributed by atoms with Gasteiger partial charge in [0.05, 0.1) is 0 Å². The number of nitrogens with zero attached hydrogens (tertiary/aromatic N) is 1. The Morgan fingerprint density at radius 1 is 1.40 bits per heavy atom. The summed E-state index contributed by atoms with van der Waals surface area (Å²) in [6.45, 7) is 7.66. The Bertz CT molecular complexity index is 481. The summed E-state index contributed by atoms with van der Waals surface area (Å²) in [4.78, 5) is 14.3. The minimum Gasteiger partial charge on any atom is -0.481 e. The molecule has 0 N–H and O–H groups in total. The van der Waals surface area contributed by atoms with E-state index in [1.54, 1.807) is 6.07 Å². The molecule has 1 fully saturated rings. The van der Waals surface area contributed by atoms with Crippen molar-refractivity contribution in [3.05, 3.63) is 28.8 Å². The molecule has 2 rings (SSSR count). The van der Waals surface area contributed by atoms with Crippen LogP contribution in [-0.2, 0) is 4.79 Å². The minimum atomic E-state index is -0.455. The summed E-state index contributed by atoms with van der Waals surface area (Å²) in [5.74, 6) is 1.51. The van der Waals surface area contributed by atoms with Gasteiger partial charge in [0, 0.05) is 18.1 Å². The van der Waals surface area contributed by atoms with Crippen LogP contribution < -0.4 is 4.74 Å². The fraction of sp³-hybridized carbons (Fsp3) is 0.562. The molecule has 1 aromatic carbocycles. The molecule has 110 valence electrons. The molecule has 0 aliphatic carbocycles. The highest BCUT2D eigenvalue weighted by atomic mass is 35.5. The molecule has 1 amide bonds. The fourth-order valence-corrected chi connectivity index (χ4v) is 2.70. The summed E-state index contributed by atoms with van der Waals surface area (Å²) in [7, 11) is 0. The number of carbonyl (C=O) groups is 1. The van der Waals surface area contributed by atoms with E-state index in [1.807, 2.05) is 30.9 Å². The Labute approximate surface area is 125 Å². The molecule has 1 aromatic rings. The highest BCUT2D eigenvalue weighted by Gasteiger charge is 2.25. The number of benzene rings is 1. The van der Waals surface area contributed by atoms with Gasteiger partial charge in [0.2, 0.25) is 0 Å². The van der Waals surface area contributed by atoms with E-state index in [0.717, 1.165) is 37.2 Å². The predicted molar refractivity (Wildman–Crippen MR) is 81.3 cm³/mol. The van der Waals surface area contributed by atoms with Crippen LogP contribution in [-0.4, -0.2) is 30.0 Å². The highest BCUT2D eigenvalue weighted by Crippen LogP contribution is 2.24. The maximum absolute atomic E-state index is 12.4. The first-order valence-electron chi connectivity index (χ1n) is 7.19. The number of likely N-dealkylation sites (tertiary alicyclic amines) is 1. The lowest BCUT2D eigenvalue weighted by Crippen LogP contribution is -2.44. The van der Waals surface area contributed by atoms with Crippen LogP contribution in [0.4, 0.5) is 0 Å². The van der Waals surface area contributed by atoms with Crippen molar-refractivity contribution in [2.45, 2.75) is 39.7 Å². The third-order valence-corrected chi connectivity index (χ3v) is 4.12. The molecule has 0 saturated carbocycles. The summed E-state index contributed by atoms with van der Waals surface area (Å²) in [5.41, 5.74) is 0.949. The Hall–Kier alpha value is -1.22. The normalized spacial score (nSPS) is 17.9. The molecule has 0 spiro atoms. The van der Waals surface area contributed by atoms with Crippen molar-refractivity contribution in [3.63, 3.8) is 0 Å². The molecule has 1 heterocycles. The monoisotopic (exact) mass is 295 g/mol. The molecule has 0 bridgehead atoms. The van der Waals surface area contributed by atoms with E-state index in [1.165, 1.54) is 0 Å². The number of rotatable bonds is 3. The van der Waals surface area contributed by atoms with Crippen LogP contribution in [0.1, 0.15) is 32.3 Å². The van der Waals surface area contributed by atoms with Gasteiger partial charge in [-0.2, -0.15) is 0 Å². The summed E-state index contributed by atoms with van der Waals surface area (Å²) in [6, 6.07) is 5.44. The highest BCUT2D eigenvalue weighted by molar-refractivity contribution is 6.30. The van der Waals surface area contributed by atoms with Crippen molar-refractivity contribution in [2.75, 3.05) is 13.1 Å². The van der Waals surface area contributed by atoms with Gasteiger partial charge in [-0.3, -0.25) is 4.79 Å². The summed E-state index contributed by atoms with van der Waals surface area (Å²) in [6.07, 6.45) is 1.71. The first-order valence-corrected chi connectivity index (χ1v) is 7.56. The zero-order valence-electron chi connectivity index (χ0n) is 12.4. The first kappa shape index (κ1) is 15.2. The zero-order chi connectivity index (χ0) is 14.7. The van der Waals surface area contributed by atoms with Gasteiger partial charge in [-0.1, -0.05) is 18.5 Å². The molecule has 3 nitrogen and oxygen atoms in total. The van der Waals surface area contributed by atoms with Crippen LogP contribution in [0.2, 0.25) is 5.02 Å². The average molecular weight is 296 g/mol. The minimum absolute atomic E-state index is 0.0752. The number of amides is 1. The van der Waals surface area contributed by atoms with Crippen LogP contribution >= 0.6 is 11.6 Å². The van der Waals surface area contributed by atoms with Crippen LogP contribution in [0.15, 0.2) is 18.2 Å². The number of ether oxygens (including phenoxy) is 1. The lowest BCUT2D eigenvalue weighted by Gasteiger charge is -2.32. The Morgan fingerprint density at radius 2 is 2.05 bits per heavy atom. The van der Waals surface area contributed by atoms with E-state index in [9.17, 15) is 4.79 Å². The Kier molecular flexibility index (Phi) is 4.92. The predicted octanol–water partition coefficient (Wildman–Crippen LogP) is 3.67. The Balaban J connectivity index is 1.97. The number of halogens is 1. The molecule has 1 unspecified atom stereocenters. The van der Waals surface area contributed by atoms with E-state index in [0.29, 0.717) is 10.9 Å². The second kappa shape index (κ2) is 6.49. The third-order valence-electron chi connectivity index (χ3n) is 3.88. The van der Waals surface area contributed by atoms with E-state index in [2.05, 4.69) is 6.92 Å². The van der Waals surface area contributed by atoms with Crippen molar-refractivity contribution in [1.82, 2.24) is 4.90 Å². The largest absolute Gasteiger partial charge is 0.481 e. The molecule has 1 atom stereocenters. The number of carbonyl (C=O) groups excluding carboxylic acids is 1. The molecular formula is C16H22ClNO2. The molecule has 1 aliphatic heterocycles. The zero-order valence-corrected chi connectivity index (χ0v) is 13.1. The topological polar surface area (TPSA) is 29.5 Å². The number of hydrogen-bond acceptors (Lipinski definition) is 2. The SMILES string of the molecule is Cc1cc(Cl)ccc1OC(C)C(=O)N1CCC(C)CC1. The molecule has 20 heavy (non-hydrogen) atoms. The van der Waals surface area contributed by atoms with Crippen LogP contribution in [0.5, 0.6) is 5.75 Å². The third kappa shape index (κ3) is 3.66. The summed E-state index contributed by atoms with van der Waals surface area (Å²) in [5, 5.41) is 0.679. The Morgan fingerprint density at radius 3 is 2.65 bits per heavy atom. The quantitative estimate of drug-likeness (QED) is 0.851. The van der Waals surface area contributed by atoms with Crippen molar-refractivity contribution in [2.24, 2.45) is 5.92 Å². The smallest absolute Gasteiger partial charge is 0.263 e. The second-order valence-corrected chi connectivity index (χ2v) is 6.11. The second-order valence-electron chi connectivity index (χ2n) is 5.68. The molecule has 0 radical (unpaired) electrons. The molecular weight excluding hydrogens is 274 g/mol. The maximum atomic E-state index is 12.4.